The first-order valence-corrected chi connectivity index (χ1v) is 10.8. The predicted octanol–water partition coefficient (Wildman–Crippen LogP) is 4.86. The van der Waals surface area contributed by atoms with Gasteiger partial charge in [0.2, 0.25) is 0 Å². The molecular formula is C26H23ClN2O4. The number of aryl methyl sites for hydroxylation is 1. The van der Waals surface area contributed by atoms with Gasteiger partial charge in [0.15, 0.2) is 0 Å². The molecule has 3 aromatic rings. The summed E-state index contributed by atoms with van der Waals surface area (Å²) in [5, 5.41) is 0.601. The second-order valence-corrected chi connectivity index (χ2v) is 8.06. The van der Waals surface area contributed by atoms with Gasteiger partial charge in [-0.3, -0.25) is 4.79 Å². The van der Waals surface area contributed by atoms with Crippen molar-refractivity contribution < 1.29 is 14.3 Å². The van der Waals surface area contributed by atoms with Crippen LogP contribution in [0.5, 0.6) is 5.75 Å². The molecule has 1 aromatic heterocycles. The first-order chi connectivity index (χ1) is 15.8. The van der Waals surface area contributed by atoms with E-state index < -0.39 is 5.97 Å². The molecule has 168 valence electrons. The lowest BCUT2D eigenvalue weighted by Crippen LogP contribution is -2.17. The fraction of sp³-hybridized carbons (Fsp3) is 0.192. The number of methoxy groups -OCH3 is 1. The Morgan fingerprint density at radius 3 is 2.42 bits per heavy atom. The average Bonchev–Trinajstić information content (AvgIpc) is 2.94. The summed E-state index contributed by atoms with van der Waals surface area (Å²) in [6, 6.07) is 14.5. The van der Waals surface area contributed by atoms with E-state index in [0.29, 0.717) is 33.3 Å². The summed E-state index contributed by atoms with van der Waals surface area (Å²) in [5.41, 5.74) is 4.96. The van der Waals surface area contributed by atoms with Gasteiger partial charge >= 0.3 is 5.97 Å². The Kier molecular flexibility index (Phi) is 6.20. The highest BCUT2D eigenvalue weighted by molar-refractivity contribution is 6.31. The number of hydrogen-bond donors (Lipinski definition) is 0. The van der Waals surface area contributed by atoms with Gasteiger partial charge in [-0.2, -0.15) is 0 Å². The molecule has 0 fully saturated rings. The van der Waals surface area contributed by atoms with Gasteiger partial charge in [-0.15, -0.1) is 0 Å². The van der Waals surface area contributed by atoms with Crippen LogP contribution in [0.2, 0.25) is 5.02 Å². The van der Waals surface area contributed by atoms with E-state index in [1.807, 2.05) is 30.3 Å². The maximum absolute atomic E-state index is 12.7. The third-order valence-electron chi connectivity index (χ3n) is 5.53. The Labute approximate surface area is 196 Å². The predicted molar refractivity (Wildman–Crippen MR) is 130 cm³/mol. The van der Waals surface area contributed by atoms with E-state index in [1.165, 1.54) is 10.6 Å². The Bertz CT molecular complexity index is 1370. The molecule has 0 atom stereocenters. The van der Waals surface area contributed by atoms with E-state index in [1.54, 1.807) is 46.3 Å². The van der Waals surface area contributed by atoms with Crippen molar-refractivity contribution in [1.29, 1.82) is 0 Å². The van der Waals surface area contributed by atoms with Crippen LogP contribution in [0.4, 0.5) is 0 Å². The summed E-state index contributed by atoms with van der Waals surface area (Å²) in [4.78, 5) is 30.3. The molecule has 0 saturated heterocycles. The van der Waals surface area contributed by atoms with Gasteiger partial charge in [0.05, 0.1) is 30.7 Å². The number of ether oxygens (including phenoxy) is 2. The molecule has 0 radical (unpaired) electrons. The molecule has 2 heterocycles. The molecular weight excluding hydrogens is 440 g/mol. The number of fused-ring (bicyclic) bond motifs is 3. The smallest absolute Gasteiger partial charge is 0.335 e. The zero-order valence-electron chi connectivity index (χ0n) is 18.8. The van der Waals surface area contributed by atoms with E-state index in [2.05, 4.69) is 0 Å². The number of hydrogen-bond acceptors (Lipinski definition) is 5. The molecule has 0 unspecified atom stereocenters. The minimum atomic E-state index is -0.484. The van der Waals surface area contributed by atoms with E-state index in [4.69, 9.17) is 26.1 Å². The normalized spacial score (nSPS) is 13.9. The second-order valence-electron chi connectivity index (χ2n) is 7.62. The van der Waals surface area contributed by atoms with Crippen molar-refractivity contribution in [2.45, 2.75) is 13.8 Å². The van der Waals surface area contributed by atoms with Crippen LogP contribution >= 0.6 is 11.6 Å². The number of rotatable bonds is 4. The van der Waals surface area contributed by atoms with Crippen LogP contribution in [0.25, 0.3) is 16.8 Å². The minimum absolute atomic E-state index is 0.205. The van der Waals surface area contributed by atoms with Crippen LogP contribution in [0, 0.1) is 0 Å². The van der Waals surface area contributed by atoms with Gasteiger partial charge in [0.1, 0.15) is 5.75 Å². The van der Waals surface area contributed by atoms with E-state index >= 15 is 0 Å². The number of esters is 1. The van der Waals surface area contributed by atoms with Gasteiger partial charge in [-0.05, 0) is 49.7 Å². The summed E-state index contributed by atoms with van der Waals surface area (Å²) in [5.74, 6) is 0.179. The van der Waals surface area contributed by atoms with Crippen LogP contribution in [0.15, 0.2) is 70.1 Å². The van der Waals surface area contributed by atoms with Crippen LogP contribution in [-0.2, 0) is 16.6 Å². The highest BCUT2D eigenvalue weighted by atomic mass is 35.5. The van der Waals surface area contributed by atoms with E-state index in [-0.39, 0.29) is 12.2 Å². The molecule has 2 aromatic carbocycles. The minimum Gasteiger partial charge on any atom is -0.497 e. The van der Waals surface area contributed by atoms with Crippen molar-refractivity contribution in [3.8, 4) is 16.9 Å². The van der Waals surface area contributed by atoms with Crippen LogP contribution in [0.1, 0.15) is 30.5 Å². The van der Waals surface area contributed by atoms with Crippen LogP contribution in [-0.4, -0.2) is 30.0 Å². The number of aromatic nitrogens is 1. The van der Waals surface area contributed by atoms with Gasteiger partial charge in [0.25, 0.3) is 5.56 Å². The van der Waals surface area contributed by atoms with Crippen molar-refractivity contribution in [1.82, 2.24) is 4.57 Å². The summed E-state index contributed by atoms with van der Waals surface area (Å²) in [7, 11) is 3.30. The summed E-state index contributed by atoms with van der Waals surface area (Å²) in [6.45, 7) is 3.64. The molecule has 0 saturated carbocycles. The largest absolute Gasteiger partial charge is 0.497 e. The van der Waals surface area contributed by atoms with Crippen molar-refractivity contribution in [3.05, 3.63) is 92.4 Å². The van der Waals surface area contributed by atoms with Crippen molar-refractivity contribution >= 4 is 29.0 Å². The molecule has 7 heteroatoms. The highest BCUT2D eigenvalue weighted by Gasteiger charge is 2.26. The molecule has 0 spiro atoms. The van der Waals surface area contributed by atoms with Gasteiger partial charge in [-0.1, -0.05) is 23.7 Å². The molecule has 1 aliphatic rings. The number of halogens is 1. The fourth-order valence-electron chi connectivity index (χ4n) is 3.80. The lowest BCUT2D eigenvalue weighted by molar-refractivity contribution is -0.138. The standard InChI is InChI=1S/C26H23ClN2O4/c1-5-33-26(31)15(2)24-21-13-23(30)29(3)14-22(21)19-11-10-18(32-4)12-20(19)25(28-24)16-6-8-17(27)9-7-16/h6-14H,5H2,1-4H3/b24-15-. The Morgan fingerprint density at radius 2 is 1.76 bits per heavy atom. The molecule has 0 N–H and O–H groups in total. The number of carbonyl (C=O) groups is 1. The maximum atomic E-state index is 12.7. The number of pyridine rings is 1. The lowest BCUT2D eigenvalue weighted by atomic mass is 9.92. The SMILES string of the molecule is CCOC(=O)/C(C)=C1\N=C(c2ccc(Cl)cc2)c2cc(OC)ccc2-c2cn(C)c(=O)cc21. The quantitative estimate of drug-likeness (QED) is 0.410. The monoisotopic (exact) mass is 462 g/mol. The molecule has 33 heavy (non-hydrogen) atoms. The van der Waals surface area contributed by atoms with Crippen molar-refractivity contribution in [3.63, 3.8) is 0 Å². The van der Waals surface area contributed by atoms with Gasteiger partial charge < -0.3 is 14.0 Å². The number of aliphatic imine (C=N–C) groups is 1. The van der Waals surface area contributed by atoms with E-state index in [9.17, 15) is 9.59 Å². The Hall–Kier alpha value is -3.64. The van der Waals surface area contributed by atoms with Gasteiger partial charge in [0, 0.05) is 46.6 Å². The molecule has 1 aliphatic heterocycles. The third-order valence-corrected chi connectivity index (χ3v) is 5.79. The molecule has 0 amide bonds. The van der Waals surface area contributed by atoms with Gasteiger partial charge in [-0.25, -0.2) is 9.79 Å². The van der Waals surface area contributed by atoms with Crippen LogP contribution < -0.4 is 10.3 Å². The number of carbonyl (C=O) groups excluding carboxylic acids is 1. The van der Waals surface area contributed by atoms with E-state index in [0.717, 1.165) is 22.3 Å². The number of benzene rings is 2. The fourth-order valence-corrected chi connectivity index (χ4v) is 3.93. The topological polar surface area (TPSA) is 69.9 Å². The summed E-state index contributed by atoms with van der Waals surface area (Å²) < 4.78 is 12.2. The molecule has 0 bridgehead atoms. The molecule has 0 aliphatic carbocycles. The van der Waals surface area contributed by atoms with Crippen molar-refractivity contribution in [2.24, 2.45) is 12.0 Å². The highest BCUT2D eigenvalue weighted by Crippen LogP contribution is 2.39. The zero-order valence-corrected chi connectivity index (χ0v) is 19.6. The molecule has 4 rings (SSSR count). The Morgan fingerprint density at radius 1 is 1.03 bits per heavy atom. The first kappa shape index (κ1) is 22.6. The zero-order chi connectivity index (χ0) is 23.7. The van der Waals surface area contributed by atoms with Crippen LogP contribution in [0.3, 0.4) is 0 Å². The first-order valence-electron chi connectivity index (χ1n) is 10.5. The number of nitrogens with zero attached hydrogens (tertiary/aromatic N) is 2. The second kappa shape index (κ2) is 9.08. The maximum Gasteiger partial charge on any atom is 0.335 e. The summed E-state index contributed by atoms with van der Waals surface area (Å²) >= 11 is 6.13. The lowest BCUT2D eigenvalue weighted by Gasteiger charge is -2.14. The summed E-state index contributed by atoms with van der Waals surface area (Å²) in [6.07, 6.45) is 1.77. The third kappa shape index (κ3) is 4.22. The molecule has 6 nitrogen and oxygen atoms in total. The Balaban J connectivity index is 2.14. The average molecular weight is 463 g/mol. The van der Waals surface area contributed by atoms with Crippen molar-refractivity contribution in [2.75, 3.05) is 13.7 Å².